The average molecular weight is 258 g/mol. The standard InChI is InChI=1S/C12H18O4S/c1-3-8-15-11-6-5-7-12(10-11)16-17(13,14)9-4-2/h5-7,10H,3-4,8-9H2,1-2H3. The van der Waals surface area contributed by atoms with Crippen molar-refractivity contribution in [1.29, 1.82) is 0 Å². The average Bonchev–Trinajstić information content (AvgIpc) is 2.26. The Kier molecular flexibility index (Phi) is 5.28. The van der Waals surface area contributed by atoms with E-state index in [0.29, 0.717) is 24.5 Å². The van der Waals surface area contributed by atoms with E-state index in [4.69, 9.17) is 8.92 Å². The van der Waals surface area contributed by atoms with Crippen LogP contribution in [0.25, 0.3) is 0 Å². The monoisotopic (exact) mass is 258 g/mol. The van der Waals surface area contributed by atoms with E-state index in [-0.39, 0.29) is 5.75 Å². The highest BCUT2D eigenvalue weighted by Gasteiger charge is 2.11. The van der Waals surface area contributed by atoms with Gasteiger partial charge >= 0.3 is 10.1 Å². The van der Waals surface area contributed by atoms with Gasteiger partial charge in [-0.15, -0.1) is 0 Å². The minimum Gasteiger partial charge on any atom is -0.493 e. The smallest absolute Gasteiger partial charge is 0.309 e. The molecular formula is C12H18O4S. The number of ether oxygens (including phenoxy) is 1. The van der Waals surface area contributed by atoms with Crippen molar-refractivity contribution in [2.45, 2.75) is 26.7 Å². The molecule has 0 aliphatic carbocycles. The fourth-order valence-electron chi connectivity index (χ4n) is 1.27. The highest BCUT2D eigenvalue weighted by molar-refractivity contribution is 7.87. The molecule has 1 rings (SSSR count). The quantitative estimate of drug-likeness (QED) is 0.705. The molecule has 0 saturated heterocycles. The van der Waals surface area contributed by atoms with Crippen molar-refractivity contribution in [3.8, 4) is 11.5 Å². The fraction of sp³-hybridized carbons (Fsp3) is 0.500. The summed E-state index contributed by atoms with van der Waals surface area (Å²) in [5.74, 6) is 0.940. The van der Waals surface area contributed by atoms with Crippen molar-refractivity contribution in [3.05, 3.63) is 24.3 Å². The molecule has 0 atom stereocenters. The summed E-state index contributed by atoms with van der Waals surface area (Å²) in [5, 5.41) is 0. The van der Waals surface area contributed by atoms with Gasteiger partial charge in [0.15, 0.2) is 0 Å². The zero-order valence-electron chi connectivity index (χ0n) is 10.2. The molecule has 0 spiro atoms. The van der Waals surface area contributed by atoms with Gasteiger partial charge in [0.1, 0.15) is 11.5 Å². The zero-order valence-corrected chi connectivity index (χ0v) is 11.0. The van der Waals surface area contributed by atoms with E-state index in [0.717, 1.165) is 6.42 Å². The maximum absolute atomic E-state index is 11.5. The molecule has 0 amide bonds. The third-order valence-electron chi connectivity index (χ3n) is 1.96. The molecule has 0 unspecified atom stereocenters. The molecule has 0 aliphatic heterocycles. The van der Waals surface area contributed by atoms with Gasteiger partial charge in [-0.2, -0.15) is 8.42 Å². The van der Waals surface area contributed by atoms with Gasteiger partial charge in [0.05, 0.1) is 12.4 Å². The van der Waals surface area contributed by atoms with Crippen molar-refractivity contribution in [1.82, 2.24) is 0 Å². The van der Waals surface area contributed by atoms with Crippen LogP contribution in [0, 0.1) is 0 Å². The topological polar surface area (TPSA) is 52.6 Å². The maximum atomic E-state index is 11.5. The highest BCUT2D eigenvalue weighted by Crippen LogP contribution is 2.21. The Morgan fingerprint density at radius 1 is 1.12 bits per heavy atom. The predicted octanol–water partition coefficient (Wildman–Crippen LogP) is 2.59. The number of hydrogen-bond acceptors (Lipinski definition) is 4. The molecule has 0 fully saturated rings. The van der Waals surface area contributed by atoms with Crippen LogP contribution in [0.3, 0.4) is 0 Å². The lowest BCUT2D eigenvalue weighted by molar-refractivity contribution is 0.316. The molecule has 0 aromatic heterocycles. The molecule has 96 valence electrons. The lowest BCUT2D eigenvalue weighted by Gasteiger charge is -2.08. The van der Waals surface area contributed by atoms with Gasteiger partial charge in [-0.25, -0.2) is 0 Å². The molecule has 1 aromatic carbocycles. The Balaban J connectivity index is 2.71. The van der Waals surface area contributed by atoms with Crippen molar-refractivity contribution in [2.75, 3.05) is 12.4 Å². The Morgan fingerprint density at radius 3 is 2.47 bits per heavy atom. The summed E-state index contributed by atoms with van der Waals surface area (Å²) >= 11 is 0. The molecule has 0 N–H and O–H groups in total. The summed E-state index contributed by atoms with van der Waals surface area (Å²) in [6, 6.07) is 6.67. The van der Waals surface area contributed by atoms with Gasteiger partial charge < -0.3 is 8.92 Å². The summed E-state index contributed by atoms with van der Waals surface area (Å²) in [7, 11) is -3.48. The Morgan fingerprint density at radius 2 is 1.82 bits per heavy atom. The summed E-state index contributed by atoms with van der Waals surface area (Å²) in [5.41, 5.74) is 0. The first-order valence-electron chi connectivity index (χ1n) is 5.72. The molecule has 4 nitrogen and oxygen atoms in total. The van der Waals surface area contributed by atoms with Crippen LogP contribution < -0.4 is 8.92 Å². The molecule has 0 saturated carbocycles. The van der Waals surface area contributed by atoms with Gasteiger partial charge in [0.25, 0.3) is 0 Å². The van der Waals surface area contributed by atoms with E-state index in [1.807, 2.05) is 6.92 Å². The molecule has 17 heavy (non-hydrogen) atoms. The number of rotatable bonds is 7. The van der Waals surface area contributed by atoms with Gasteiger partial charge in [0, 0.05) is 6.07 Å². The van der Waals surface area contributed by atoms with E-state index >= 15 is 0 Å². The van der Waals surface area contributed by atoms with E-state index in [2.05, 4.69) is 0 Å². The molecule has 1 aromatic rings. The van der Waals surface area contributed by atoms with E-state index in [1.165, 1.54) is 0 Å². The number of hydrogen-bond donors (Lipinski definition) is 0. The molecule has 0 radical (unpaired) electrons. The maximum Gasteiger partial charge on any atom is 0.309 e. The minimum absolute atomic E-state index is 0.0209. The minimum atomic E-state index is -3.48. The second-order valence-corrected chi connectivity index (χ2v) is 5.36. The normalized spacial score (nSPS) is 11.2. The lowest BCUT2D eigenvalue weighted by Crippen LogP contribution is -2.13. The van der Waals surface area contributed by atoms with Crippen molar-refractivity contribution < 1.29 is 17.3 Å². The molecule has 5 heteroatoms. The van der Waals surface area contributed by atoms with Crippen LogP contribution in [0.5, 0.6) is 11.5 Å². The van der Waals surface area contributed by atoms with Crippen LogP contribution in [0.15, 0.2) is 24.3 Å². The van der Waals surface area contributed by atoms with Crippen LogP contribution >= 0.6 is 0 Å². The first kappa shape index (κ1) is 13.8. The van der Waals surface area contributed by atoms with Gasteiger partial charge in [0.2, 0.25) is 0 Å². The predicted molar refractivity (Wildman–Crippen MR) is 66.9 cm³/mol. The van der Waals surface area contributed by atoms with Crippen LogP contribution in [0.2, 0.25) is 0 Å². The van der Waals surface area contributed by atoms with Crippen LogP contribution in [-0.4, -0.2) is 20.8 Å². The lowest BCUT2D eigenvalue weighted by atomic mass is 10.3. The largest absolute Gasteiger partial charge is 0.493 e. The summed E-state index contributed by atoms with van der Waals surface area (Å²) in [6.07, 6.45) is 1.44. The molecule has 0 heterocycles. The fourth-order valence-corrected chi connectivity index (χ4v) is 2.25. The first-order chi connectivity index (χ1) is 8.07. The van der Waals surface area contributed by atoms with E-state index in [9.17, 15) is 8.42 Å². The second kappa shape index (κ2) is 6.49. The van der Waals surface area contributed by atoms with Crippen LogP contribution in [0.4, 0.5) is 0 Å². The summed E-state index contributed by atoms with van der Waals surface area (Å²) in [6.45, 7) is 4.40. The third-order valence-corrected chi connectivity index (χ3v) is 3.31. The second-order valence-electron chi connectivity index (χ2n) is 3.67. The molecular weight excluding hydrogens is 240 g/mol. The van der Waals surface area contributed by atoms with E-state index < -0.39 is 10.1 Å². The first-order valence-corrected chi connectivity index (χ1v) is 7.30. The molecule has 0 bridgehead atoms. The number of benzene rings is 1. The van der Waals surface area contributed by atoms with Crippen molar-refractivity contribution in [3.63, 3.8) is 0 Å². The van der Waals surface area contributed by atoms with Crippen LogP contribution in [0.1, 0.15) is 26.7 Å². The van der Waals surface area contributed by atoms with E-state index in [1.54, 1.807) is 31.2 Å². The summed E-state index contributed by atoms with van der Waals surface area (Å²) < 4.78 is 33.3. The zero-order chi connectivity index (χ0) is 12.7. The van der Waals surface area contributed by atoms with Gasteiger partial charge in [-0.05, 0) is 25.0 Å². The Bertz CT molecular complexity index is 440. The van der Waals surface area contributed by atoms with Crippen molar-refractivity contribution in [2.24, 2.45) is 0 Å². The van der Waals surface area contributed by atoms with Gasteiger partial charge in [-0.1, -0.05) is 19.9 Å². The third kappa shape index (κ3) is 5.08. The Labute approximate surface area is 103 Å². The molecule has 0 aliphatic rings. The Hall–Kier alpha value is -1.23. The SMILES string of the molecule is CCCOc1cccc(OS(=O)(=O)CCC)c1. The van der Waals surface area contributed by atoms with Gasteiger partial charge in [-0.3, -0.25) is 0 Å². The summed E-state index contributed by atoms with van der Waals surface area (Å²) in [4.78, 5) is 0. The van der Waals surface area contributed by atoms with Crippen LogP contribution in [-0.2, 0) is 10.1 Å². The van der Waals surface area contributed by atoms with Crippen molar-refractivity contribution >= 4 is 10.1 Å². The highest BCUT2D eigenvalue weighted by atomic mass is 32.2.